The molecule has 3 rings (SSSR count). The molecule has 0 unspecified atom stereocenters. The SMILES string of the molecule is Nc1ncc(Cl)c(-c2c[nH]c3cnc(Br)cc23)n1. The van der Waals surface area contributed by atoms with Gasteiger partial charge in [0.25, 0.3) is 0 Å². The smallest absolute Gasteiger partial charge is 0.220 e. The second-order valence-electron chi connectivity index (χ2n) is 3.68. The van der Waals surface area contributed by atoms with Crippen LogP contribution in [0.2, 0.25) is 5.02 Å². The number of nitrogen functional groups attached to an aromatic ring is 1. The van der Waals surface area contributed by atoms with Gasteiger partial charge in [0.1, 0.15) is 4.60 Å². The number of anilines is 1. The van der Waals surface area contributed by atoms with E-state index in [2.05, 4.69) is 35.9 Å². The predicted molar refractivity (Wildman–Crippen MR) is 74.2 cm³/mol. The van der Waals surface area contributed by atoms with Gasteiger partial charge in [-0.2, -0.15) is 0 Å². The van der Waals surface area contributed by atoms with E-state index in [-0.39, 0.29) is 5.95 Å². The largest absolute Gasteiger partial charge is 0.368 e. The third-order valence-corrected chi connectivity index (χ3v) is 3.26. The molecule has 18 heavy (non-hydrogen) atoms. The molecule has 3 aromatic heterocycles. The molecule has 0 aliphatic rings. The van der Waals surface area contributed by atoms with E-state index in [0.29, 0.717) is 10.7 Å². The van der Waals surface area contributed by atoms with Gasteiger partial charge in [-0.1, -0.05) is 11.6 Å². The van der Waals surface area contributed by atoms with Crippen molar-refractivity contribution in [1.82, 2.24) is 19.9 Å². The molecule has 3 N–H and O–H groups in total. The molecule has 0 saturated heterocycles. The van der Waals surface area contributed by atoms with Crippen LogP contribution in [0.25, 0.3) is 22.2 Å². The molecule has 0 fully saturated rings. The Morgan fingerprint density at radius 2 is 2.11 bits per heavy atom. The number of hydrogen-bond donors (Lipinski definition) is 2. The van der Waals surface area contributed by atoms with Gasteiger partial charge in [0, 0.05) is 17.1 Å². The van der Waals surface area contributed by atoms with Crippen LogP contribution in [0.3, 0.4) is 0 Å². The number of nitrogens with zero attached hydrogens (tertiary/aromatic N) is 3. The zero-order valence-corrected chi connectivity index (χ0v) is 11.3. The predicted octanol–water partition coefficient (Wildman–Crippen LogP) is 3.02. The summed E-state index contributed by atoms with van der Waals surface area (Å²) in [6, 6.07) is 1.90. The van der Waals surface area contributed by atoms with Gasteiger partial charge in [0.05, 0.1) is 28.6 Å². The Kier molecular flexibility index (Phi) is 2.68. The molecular formula is C11H7BrClN5. The first-order chi connectivity index (χ1) is 8.65. The molecule has 0 aliphatic heterocycles. The summed E-state index contributed by atoms with van der Waals surface area (Å²) in [5.41, 5.74) is 7.97. The second kappa shape index (κ2) is 4.22. The van der Waals surface area contributed by atoms with Gasteiger partial charge in [0.2, 0.25) is 5.95 Å². The Labute approximate surface area is 116 Å². The average Bonchev–Trinajstić information content (AvgIpc) is 2.75. The minimum Gasteiger partial charge on any atom is -0.368 e. The summed E-state index contributed by atoms with van der Waals surface area (Å²) < 4.78 is 0.744. The lowest BCUT2D eigenvalue weighted by molar-refractivity contribution is 1.19. The molecule has 5 nitrogen and oxygen atoms in total. The Balaban J connectivity index is 2.31. The fraction of sp³-hybridized carbons (Fsp3) is 0. The molecule has 3 heterocycles. The fourth-order valence-electron chi connectivity index (χ4n) is 1.76. The Bertz CT molecular complexity index is 739. The van der Waals surface area contributed by atoms with E-state index < -0.39 is 0 Å². The molecule has 0 spiro atoms. The number of pyridine rings is 1. The maximum absolute atomic E-state index is 6.11. The Morgan fingerprint density at radius 3 is 2.94 bits per heavy atom. The highest BCUT2D eigenvalue weighted by atomic mass is 79.9. The molecule has 3 aromatic rings. The molecule has 7 heteroatoms. The summed E-state index contributed by atoms with van der Waals surface area (Å²) in [5.74, 6) is 0.192. The maximum atomic E-state index is 6.11. The number of aromatic amines is 1. The van der Waals surface area contributed by atoms with Crippen molar-refractivity contribution in [2.45, 2.75) is 0 Å². The van der Waals surface area contributed by atoms with Crippen molar-refractivity contribution in [2.75, 3.05) is 5.73 Å². The molecule has 0 aliphatic carbocycles. The Morgan fingerprint density at radius 1 is 1.28 bits per heavy atom. The van der Waals surface area contributed by atoms with Crippen molar-refractivity contribution >= 4 is 44.4 Å². The molecule has 0 amide bonds. The van der Waals surface area contributed by atoms with Crippen LogP contribution in [0.1, 0.15) is 0 Å². The van der Waals surface area contributed by atoms with Gasteiger partial charge in [-0.25, -0.2) is 15.0 Å². The summed E-state index contributed by atoms with van der Waals surface area (Å²) in [6.07, 6.45) is 5.06. The minimum absolute atomic E-state index is 0.192. The molecule has 90 valence electrons. The van der Waals surface area contributed by atoms with E-state index in [0.717, 1.165) is 21.1 Å². The summed E-state index contributed by atoms with van der Waals surface area (Å²) in [4.78, 5) is 15.3. The third kappa shape index (κ3) is 1.83. The lowest BCUT2D eigenvalue weighted by Crippen LogP contribution is -1.96. The van der Waals surface area contributed by atoms with E-state index in [1.54, 1.807) is 6.20 Å². The fourth-order valence-corrected chi connectivity index (χ4v) is 2.29. The number of nitrogens with one attached hydrogen (secondary N) is 1. The van der Waals surface area contributed by atoms with E-state index in [1.807, 2.05) is 12.3 Å². The molecule has 0 saturated carbocycles. The summed E-state index contributed by atoms with van der Waals surface area (Å²) in [5, 5.41) is 1.43. The standard InChI is InChI=1S/C11H7BrClN5/c12-9-1-5-6(2-15-8(5)4-16-9)10-7(13)3-17-11(14)18-10/h1-4,15H,(H2,14,17,18). The van der Waals surface area contributed by atoms with E-state index >= 15 is 0 Å². The first kappa shape index (κ1) is 11.4. The lowest BCUT2D eigenvalue weighted by atomic mass is 10.1. The summed E-state index contributed by atoms with van der Waals surface area (Å²) >= 11 is 9.45. The van der Waals surface area contributed by atoms with Gasteiger partial charge in [-0.3, -0.25) is 0 Å². The maximum Gasteiger partial charge on any atom is 0.220 e. The van der Waals surface area contributed by atoms with Gasteiger partial charge in [0.15, 0.2) is 0 Å². The highest BCUT2D eigenvalue weighted by Gasteiger charge is 2.12. The molecule has 0 atom stereocenters. The summed E-state index contributed by atoms with van der Waals surface area (Å²) in [7, 11) is 0. The quantitative estimate of drug-likeness (QED) is 0.674. The second-order valence-corrected chi connectivity index (χ2v) is 4.90. The van der Waals surface area contributed by atoms with Crippen molar-refractivity contribution in [3.63, 3.8) is 0 Å². The minimum atomic E-state index is 0.192. The number of halogens is 2. The number of hydrogen-bond acceptors (Lipinski definition) is 4. The summed E-state index contributed by atoms with van der Waals surface area (Å²) in [6.45, 7) is 0. The molecule has 0 bridgehead atoms. The van der Waals surface area contributed by atoms with Crippen LogP contribution in [0.4, 0.5) is 5.95 Å². The van der Waals surface area contributed by atoms with Crippen LogP contribution in [0.5, 0.6) is 0 Å². The van der Waals surface area contributed by atoms with E-state index in [1.165, 1.54) is 6.20 Å². The van der Waals surface area contributed by atoms with Crippen LogP contribution in [-0.2, 0) is 0 Å². The van der Waals surface area contributed by atoms with Gasteiger partial charge in [-0.15, -0.1) is 0 Å². The normalized spacial score (nSPS) is 11.0. The van der Waals surface area contributed by atoms with Gasteiger partial charge < -0.3 is 10.7 Å². The monoisotopic (exact) mass is 323 g/mol. The van der Waals surface area contributed by atoms with E-state index in [9.17, 15) is 0 Å². The number of aromatic nitrogens is 4. The highest BCUT2D eigenvalue weighted by molar-refractivity contribution is 9.10. The van der Waals surface area contributed by atoms with Crippen molar-refractivity contribution in [2.24, 2.45) is 0 Å². The van der Waals surface area contributed by atoms with Crippen LogP contribution < -0.4 is 5.73 Å². The van der Waals surface area contributed by atoms with Gasteiger partial charge in [-0.05, 0) is 22.0 Å². The van der Waals surface area contributed by atoms with Crippen molar-refractivity contribution in [3.8, 4) is 11.3 Å². The molecular weight excluding hydrogens is 318 g/mol. The van der Waals surface area contributed by atoms with Crippen LogP contribution in [0.15, 0.2) is 29.3 Å². The first-order valence-electron chi connectivity index (χ1n) is 5.06. The van der Waals surface area contributed by atoms with Crippen LogP contribution in [-0.4, -0.2) is 19.9 Å². The number of rotatable bonds is 1. The lowest BCUT2D eigenvalue weighted by Gasteiger charge is -2.02. The average molecular weight is 325 g/mol. The van der Waals surface area contributed by atoms with Gasteiger partial charge >= 0.3 is 0 Å². The number of nitrogens with two attached hydrogens (primary N) is 1. The van der Waals surface area contributed by atoms with Crippen molar-refractivity contribution in [3.05, 3.63) is 34.3 Å². The topological polar surface area (TPSA) is 80.5 Å². The Hall–Kier alpha value is -1.66. The molecule has 0 radical (unpaired) electrons. The van der Waals surface area contributed by atoms with Crippen molar-refractivity contribution in [1.29, 1.82) is 0 Å². The van der Waals surface area contributed by atoms with E-state index in [4.69, 9.17) is 17.3 Å². The third-order valence-electron chi connectivity index (χ3n) is 2.55. The van der Waals surface area contributed by atoms with Crippen LogP contribution in [0, 0.1) is 0 Å². The van der Waals surface area contributed by atoms with Crippen LogP contribution >= 0.6 is 27.5 Å². The number of H-pyrrole nitrogens is 1. The zero-order chi connectivity index (χ0) is 12.7. The van der Waals surface area contributed by atoms with Crippen molar-refractivity contribution < 1.29 is 0 Å². The molecule has 0 aromatic carbocycles. The first-order valence-corrected chi connectivity index (χ1v) is 6.23. The highest BCUT2D eigenvalue weighted by Crippen LogP contribution is 2.32. The number of fused-ring (bicyclic) bond motifs is 1. The zero-order valence-electron chi connectivity index (χ0n) is 8.98.